The Balaban J connectivity index is 1.15. The maximum absolute atomic E-state index is 14.6. The maximum Gasteiger partial charge on any atom is 0.255 e. The van der Waals surface area contributed by atoms with E-state index in [0.717, 1.165) is 30.2 Å². The summed E-state index contributed by atoms with van der Waals surface area (Å²) < 4.78 is 14.6. The predicted molar refractivity (Wildman–Crippen MR) is 128 cm³/mol. The number of carbonyl (C=O) groups is 3. The lowest BCUT2D eigenvalue weighted by molar-refractivity contribution is -0.136. The molecule has 2 atom stereocenters. The van der Waals surface area contributed by atoms with E-state index in [2.05, 4.69) is 25.1 Å². The number of fused-ring (bicyclic) bond motifs is 2. The number of hydrogen-bond acceptors (Lipinski definition) is 7. The molecule has 3 amide bonds. The van der Waals surface area contributed by atoms with E-state index in [0.29, 0.717) is 30.9 Å². The summed E-state index contributed by atoms with van der Waals surface area (Å²) >= 11 is 0. The van der Waals surface area contributed by atoms with Gasteiger partial charge in [0.25, 0.3) is 5.91 Å². The molecule has 10 heteroatoms. The van der Waals surface area contributed by atoms with Crippen molar-refractivity contribution >= 4 is 35.0 Å². The molecule has 1 aromatic carbocycles. The van der Waals surface area contributed by atoms with Crippen molar-refractivity contribution in [2.24, 2.45) is 9.98 Å². The van der Waals surface area contributed by atoms with Crippen molar-refractivity contribution in [2.75, 3.05) is 37.6 Å². The molecule has 9 nitrogen and oxygen atoms in total. The van der Waals surface area contributed by atoms with E-state index in [9.17, 15) is 18.8 Å². The number of rotatable bonds is 4. The predicted octanol–water partition coefficient (Wildman–Crippen LogP) is 1.06. The third kappa shape index (κ3) is 3.97. The molecule has 4 aliphatic heterocycles. The van der Waals surface area contributed by atoms with Gasteiger partial charge in [-0.1, -0.05) is 18.2 Å². The van der Waals surface area contributed by atoms with Crippen LogP contribution < -0.4 is 10.2 Å². The minimum absolute atomic E-state index is 0.0241. The van der Waals surface area contributed by atoms with Gasteiger partial charge in [0.15, 0.2) is 0 Å². The van der Waals surface area contributed by atoms with Crippen molar-refractivity contribution in [3.05, 3.63) is 53.4 Å². The standard InChI is InChI=1S/C25H25FN6O3/c26-15-11-16-17(13-32(25(16)35)20-5-6-23(33)29-24(20)34)21(12-15)31-9-7-30(8-10-31)14-22-27-18-3-1-2-4-19(18)28-22/h1-4,11-12,18,20H,5-10,13-14H2,(H,29,33,34). The summed E-state index contributed by atoms with van der Waals surface area (Å²) in [6, 6.07) is 2.04. The summed E-state index contributed by atoms with van der Waals surface area (Å²) in [6.45, 7) is 3.77. The molecule has 5 aliphatic rings. The molecule has 4 heterocycles. The molecule has 0 radical (unpaired) electrons. The second kappa shape index (κ2) is 8.53. The normalized spacial score (nSPS) is 26.0. The molecule has 2 saturated heterocycles. The molecule has 6 rings (SSSR count). The van der Waals surface area contributed by atoms with Crippen molar-refractivity contribution in [1.29, 1.82) is 0 Å². The molecule has 1 N–H and O–H groups in total. The number of nitrogens with zero attached hydrogens (tertiary/aromatic N) is 5. The number of carbonyl (C=O) groups excluding carboxylic acids is 3. The summed E-state index contributed by atoms with van der Waals surface area (Å²) in [4.78, 5) is 52.2. The number of amidine groups is 1. The molecular formula is C25H25FN6O3. The molecule has 2 fully saturated rings. The van der Waals surface area contributed by atoms with E-state index in [1.54, 1.807) is 0 Å². The minimum atomic E-state index is -0.720. The quantitative estimate of drug-likeness (QED) is 0.656. The number of allylic oxidation sites excluding steroid dienone is 2. The Labute approximate surface area is 201 Å². The molecule has 1 aliphatic carbocycles. The van der Waals surface area contributed by atoms with Crippen LogP contribution in [0.3, 0.4) is 0 Å². The molecule has 0 bridgehead atoms. The fraction of sp³-hybridized carbons (Fsp3) is 0.400. The smallest absolute Gasteiger partial charge is 0.255 e. The number of nitrogens with one attached hydrogen (secondary N) is 1. The average molecular weight is 477 g/mol. The van der Waals surface area contributed by atoms with Crippen molar-refractivity contribution in [3.63, 3.8) is 0 Å². The number of halogens is 1. The highest BCUT2D eigenvalue weighted by Gasteiger charge is 2.41. The Bertz CT molecular complexity index is 1240. The van der Waals surface area contributed by atoms with E-state index >= 15 is 0 Å². The van der Waals surface area contributed by atoms with Crippen LogP contribution >= 0.6 is 0 Å². The fourth-order valence-corrected chi connectivity index (χ4v) is 5.38. The number of piperazine rings is 1. The van der Waals surface area contributed by atoms with Crippen LogP contribution in [-0.4, -0.2) is 83.9 Å². The van der Waals surface area contributed by atoms with Crippen LogP contribution in [0, 0.1) is 5.82 Å². The van der Waals surface area contributed by atoms with Gasteiger partial charge in [-0.05, 0) is 24.6 Å². The zero-order chi connectivity index (χ0) is 24.1. The number of piperidine rings is 1. The summed E-state index contributed by atoms with van der Waals surface area (Å²) in [7, 11) is 0. The summed E-state index contributed by atoms with van der Waals surface area (Å²) in [5.74, 6) is -0.813. The van der Waals surface area contributed by atoms with E-state index in [1.807, 2.05) is 24.3 Å². The fourth-order valence-electron chi connectivity index (χ4n) is 5.38. The van der Waals surface area contributed by atoms with Crippen molar-refractivity contribution in [1.82, 2.24) is 15.1 Å². The van der Waals surface area contributed by atoms with Gasteiger partial charge in [0.05, 0.1) is 12.3 Å². The highest BCUT2D eigenvalue weighted by Crippen LogP contribution is 2.35. The van der Waals surface area contributed by atoms with Gasteiger partial charge >= 0.3 is 0 Å². The van der Waals surface area contributed by atoms with Crippen molar-refractivity contribution in [3.8, 4) is 0 Å². The lowest BCUT2D eigenvalue weighted by Gasteiger charge is -2.36. The highest BCUT2D eigenvalue weighted by molar-refractivity contribution is 6.13. The first-order chi connectivity index (χ1) is 17.0. The van der Waals surface area contributed by atoms with Crippen LogP contribution in [0.4, 0.5) is 10.1 Å². The Hall–Kier alpha value is -3.66. The van der Waals surface area contributed by atoms with Gasteiger partial charge in [-0.2, -0.15) is 0 Å². The second-order valence-electron chi connectivity index (χ2n) is 9.39. The van der Waals surface area contributed by atoms with Crippen LogP contribution in [0.2, 0.25) is 0 Å². The van der Waals surface area contributed by atoms with Gasteiger partial charge in [-0.3, -0.25) is 29.6 Å². The summed E-state index contributed by atoms with van der Waals surface area (Å²) in [6.07, 6.45) is 8.44. The van der Waals surface area contributed by atoms with Crippen molar-refractivity contribution in [2.45, 2.75) is 31.5 Å². The van der Waals surface area contributed by atoms with Gasteiger partial charge in [-0.25, -0.2) is 9.38 Å². The van der Waals surface area contributed by atoms with Gasteiger partial charge in [-0.15, -0.1) is 0 Å². The Morgan fingerprint density at radius 1 is 1.09 bits per heavy atom. The molecule has 0 saturated carbocycles. The van der Waals surface area contributed by atoms with Gasteiger partial charge in [0.2, 0.25) is 11.8 Å². The largest absolute Gasteiger partial charge is 0.369 e. The topological polar surface area (TPSA) is 97.7 Å². The van der Waals surface area contributed by atoms with Gasteiger partial charge in [0, 0.05) is 56.0 Å². The summed E-state index contributed by atoms with van der Waals surface area (Å²) in [5.41, 5.74) is 2.71. The Morgan fingerprint density at radius 3 is 2.69 bits per heavy atom. The van der Waals surface area contributed by atoms with E-state index in [1.165, 1.54) is 17.0 Å². The van der Waals surface area contributed by atoms with Crippen LogP contribution in [0.5, 0.6) is 0 Å². The van der Waals surface area contributed by atoms with E-state index in [-0.39, 0.29) is 37.2 Å². The monoisotopic (exact) mass is 476 g/mol. The number of aliphatic imine (C=N–C) groups is 2. The number of anilines is 1. The number of benzene rings is 1. The first-order valence-electron chi connectivity index (χ1n) is 11.9. The second-order valence-corrected chi connectivity index (χ2v) is 9.39. The van der Waals surface area contributed by atoms with Gasteiger partial charge < -0.3 is 9.80 Å². The first-order valence-corrected chi connectivity index (χ1v) is 11.9. The maximum atomic E-state index is 14.6. The molecule has 180 valence electrons. The first kappa shape index (κ1) is 21.8. The minimum Gasteiger partial charge on any atom is -0.369 e. The average Bonchev–Trinajstić information content (AvgIpc) is 3.40. The molecular weight excluding hydrogens is 451 g/mol. The van der Waals surface area contributed by atoms with Crippen LogP contribution in [0.1, 0.15) is 28.8 Å². The van der Waals surface area contributed by atoms with E-state index in [4.69, 9.17) is 0 Å². The third-order valence-corrected chi connectivity index (χ3v) is 7.20. The lowest BCUT2D eigenvalue weighted by Crippen LogP contribution is -2.52. The van der Waals surface area contributed by atoms with E-state index < -0.39 is 17.8 Å². The van der Waals surface area contributed by atoms with Gasteiger partial charge in [0.1, 0.15) is 23.7 Å². The van der Waals surface area contributed by atoms with Crippen LogP contribution in [0.25, 0.3) is 0 Å². The number of hydrogen-bond donors (Lipinski definition) is 1. The lowest BCUT2D eigenvalue weighted by atomic mass is 10.0. The molecule has 35 heavy (non-hydrogen) atoms. The molecule has 0 spiro atoms. The summed E-state index contributed by atoms with van der Waals surface area (Å²) in [5, 5.41) is 2.31. The zero-order valence-corrected chi connectivity index (χ0v) is 19.1. The number of amides is 3. The number of imide groups is 1. The Kier molecular flexibility index (Phi) is 5.32. The van der Waals surface area contributed by atoms with Crippen LogP contribution in [0.15, 0.2) is 46.4 Å². The molecule has 1 aromatic rings. The Morgan fingerprint density at radius 2 is 1.91 bits per heavy atom. The molecule has 0 aromatic heterocycles. The molecule has 2 unspecified atom stereocenters. The highest BCUT2D eigenvalue weighted by atomic mass is 19.1. The van der Waals surface area contributed by atoms with Crippen LogP contribution in [-0.2, 0) is 16.1 Å². The zero-order valence-electron chi connectivity index (χ0n) is 19.1. The SMILES string of the molecule is O=C1CCC(N2Cc3c(cc(F)cc3N3CCN(CC4=NC5C=CC=CC5=N4)CC3)C2=O)C(=O)N1. The van der Waals surface area contributed by atoms with Crippen molar-refractivity contribution < 1.29 is 18.8 Å². The third-order valence-electron chi connectivity index (χ3n) is 7.20.